The van der Waals surface area contributed by atoms with E-state index in [0.717, 1.165) is 5.56 Å². The molecule has 0 aliphatic rings. The van der Waals surface area contributed by atoms with Gasteiger partial charge in [-0.05, 0) is 46.5 Å². The third kappa shape index (κ3) is 3.43. The quantitative estimate of drug-likeness (QED) is 0.786. The van der Waals surface area contributed by atoms with E-state index < -0.39 is 0 Å². The predicted octanol–water partition coefficient (Wildman–Crippen LogP) is 3.23. The zero-order valence-corrected chi connectivity index (χ0v) is 13.1. The number of aryl methyl sites for hydroxylation is 1. The fourth-order valence-electron chi connectivity index (χ4n) is 2.25. The van der Waals surface area contributed by atoms with Crippen molar-refractivity contribution in [3.05, 3.63) is 76.0 Å². The molecule has 5 heteroatoms. The van der Waals surface area contributed by atoms with Gasteiger partial charge in [-0.1, -0.05) is 12.1 Å². The van der Waals surface area contributed by atoms with Crippen LogP contribution in [0.5, 0.6) is 0 Å². The van der Waals surface area contributed by atoms with Crippen LogP contribution in [0.3, 0.4) is 0 Å². The van der Waals surface area contributed by atoms with Crippen LogP contribution in [-0.4, -0.2) is 15.5 Å². The maximum atomic E-state index is 12.3. The lowest BCUT2D eigenvalue weighted by Gasteiger charge is -2.07. The van der Waals surface area contributed by atoms with Crippen LogP contribution in [0.2, 0.25) is 0 Å². The number of hydrogen-bond donors (Lipinski definition) is 1. The lowest BCUT2D eigenvalue weighted by Crippen LogP contribution is -2.23. The Morgan fingerprint density at radius 2 is 2.27 bits per heavy atom. The summed E-state index contributed by atoms with van der Waals surface area (Å²) in [7, 11) is 0. The van der Waals surface area contributed by atoms with Crippen molar-refractivity contribution in [2.75, 3.05) is 0 Å². The number of nitrogens with zero attached hydrogens (tertiary/aromatic N) is 2. The molecule has 2 aromatic heterocycles. The molecule has 0 aliphatic carbocycles. The molecule has 1 amide bonds. The molecule has 1 N–H and O–H groups in total. The van der Waals surface area contributed by atoms with Crippen LogP contribution in [0, 0.1) is 6.92 Å². The molecule has 1 aromatic carbocycles. The van der Waals surface area contributed by atoms with Gasteiger partial charge in [0.25, 0.3) is 5.91 Å². The van der Waals surface area contributed by atoms with E-state index in [9.17, 15) is 4.79 Å². The second kappa shape index (κ2) is 6.58. The van der Waals surface area contributed by atoms with Gasteiger partial charge in [0.05, 0.1) is 6.33 Å². The van der Waals surface area contributed by atoms with E-state index in [2.05, 4.69) is 28.0 Å². The summed E-state index contributed by atoms with van der Waals surface area (Å²) in [5.41, 5.74) is 4.16. The van der Waals surface area contributed by atoms with Gasteiger partial charge in [0.2, 0.25) is 0 Å². The van der Waals surface area contributed by atoms with Crippen LogP contribution in [0.25, 0.3) is 0 Å². The third-order valence-corrected chi connectivity index (χ3v) is 4.42. The second-order valence-corrected chi connectivity index (χ2v) is 5.94. The van der Waals surface area contributed by atoms with E-state index >= 15 is 0 Å². The highest BCUT2D eigenvalue weighted by atomic mass is 32.1. The molecule has 0 bridgehead atoms. The smallest absolute Gasteiger partial charge is 0.251 e. The maximum Gasteiger partial charge on any atom is 0.251 e. The van der Waals surface area contributed by atoms with Crippen molar-refractivity contribution in [2.45, 2.75) is 20.0 Å². The van der Waals surface area contributed by atoms with Gasteiger partial charge in [0.15, 0.2) is 0 Å². The summed E-state index contributed by atoms with van der Waals surface area (Å²) in [4.78, 5) is 16.3. The first-order valence-electron chi connectivity index (χ1n) is 7.07. The number of carbonyl (C=O) groups excluding carboxylic acids is 1. The number of rotatable bonds is 5. The number of aromatic nitrogens is 2. The number of benzene rings is 1. The summed E-state index contributed by atoms with van der Waals surface area (Å²) in [6.45, 7) is 3.34. The molecule has 0 atom stereocenters. The van der Waals surface area contributed by atoms with Crippen LogP contribution in [0.15, 0.2) is 53.7 Å². The zero-order valence-electron chi connectivity index (χ0n) is 12.3. The van der Waals surface area contributed by atoms with Gasteiger partial charge in [-0.2, -0.15) is 11.3 Å². The average Bonchev–Trinajstić information content (AvgIpc) is 3.17. The largest absolute Gasteiger partial charge is 0.348 e. The van der Waals surface area contributed by atoms with Gasteiger partial charge in [-0.3, -0.25) is 4.79 Å². The molecule has 4 nitrogen and oxygen atoms in total. The van der Waals surface area contributed by atoms with Crippen LogP contribution < -0.4 is 5.32 Å². The second-order valence-electron chi connectivity index (χ2n) is 5.20. The van der Waals surface area contributed by atoms with Crippen molar-refractivity contribution in [2.24, 2.45) is 0 Å². The molecule has 0 fully saturated rings. The number of carbonyl (C=O) groups is 1. The van der Waals surface area contributed by atoms with E-state index in [0.29, 0.717) is 18.7 Å². The average molecular weight is 311 g/mol. The highest BCUT2D eigenvalue weighted by molar-refractivity contribution is 7.08. The summed E-state index contributed by atoms with van der Waals surface area (Å²) in [5.74, 6) is -0.0434. The first-order chi connectivity index (χ1) is 10.7. The standard InChI is InChI=1S/C17H17N3OS/c1-13-10-22-11-16(13)8-19-17(21)15-4-2-3-14(7-15)9-20-6-5-18-12-20/h2-7,10-12H,8-9H2,1H3,(H,19,21). The van der Waals surface area contributed by atoms with Crippen LogP contribution in [0.4, 0.5) is 0 Å². The molecule has 0 saturated heterocycles. The first-order valence-corrected chi connectivity index (χ1v) is 8.01. The minimum absolute atomic E-state index is 0.0434. The Balaban J connectivity index is 1.66. The van der Waals surface area contributed by atoms with Crippen LogP contribution in [0.1, 0.15) is 27.0 Å². The molecule has 0 spiro atoms. The van der Waals surface area contributed by atoms with Crippen molar-refractivity contribution in [3.63, 3.8) is 0 Å². The van der Waals surface area contributed by atoms with Gasteiger partial charge in [-0.25, -0.2) is 4.98 Å². The Morgan fingerprint density at radius 1 is 1.36 bits per heavy atom. The first kappa shape index (κ1) is 14.5. The van der Waals surface area contributed by atoms with Crippen LogP contribution >= 0.6 is 11.3 Å². The molecule has 3 rings (SSSR count). The zero-order chi connectivity index (χ0) is 15.4. The number of amides is 1. The molecule has 2 heterocycles. The van der Waals surface area contributed by atoms with Crippen molar-refractivity contribution in [1.29, 1.82) is 0 Å². The number of imidazole rings is 1. The van der Waals surface area contributed by atoms with E-state index in [-0.39, 0.29) is 5.91 Å². The van der Waals surface area contributed by atoms with E-state index in [1.807, 2.05) is 35.0 Å². The normalized spacial score (nSPS) is 10.6. The summed E-state index contributed by atoms with van der Waals surface area (Å²) in [5, 5.41) is 7.14. The lowest BCUT2D eigenvalue weighted by molar-refractivity contribution is 0.0951. The topological polar surface area (TPSA) is 46.9 Å². The minimum Gasteiger partial charge on any atom is -0.348 e. The molecule has 0 aliphatic heterocycles. The Hall–Kier alpha value is -2.40. The molecule has 22 heavy (non-hydrogen) atoms. The van der Waals surface area contributed by atoms with E-state index in [1.54, 1.807) is 23.9 Å². The van der Waals surface area contributed by atoms with Crippen molar-refractivity contribution >= 4 is 17.2 Å². The Labute approximate surface area is 133 Å². The SMILES string of the molecule is Cc1cscc1CNC(=O)c1cccc(Cn2ccnc2)c1. The Morgan fingerprint density at radius 3 is 3.00 bits per heavy atom. The van der Waals surface area contributed by atoms with Gasteiger partial charge in [-0.15, -0.1) is 0 Å². The van der Waals surface area contributed by atoms with Gasteiger partial charge in [0, 0.05) is 31.0 Å². The molecular formula is C17H17N3OS. The lowest BCUT2D eigenvalue weighted by atomic mass is 10.1. The van der Waals surface area contributed by atoms with Crippen molar-refractivity contribution < 1.29 is 4.79 Å². The summed E-state index contributed by atoms with van der Waals surface area (Å²) in [6.07, 6.45) is 5.43. The van der Waals surface area contributed by atoms with Crippen LogP contribution in [-0.2, 0) is 13.1 Å². The summed E-state index contributed by atoms with van der Waals surface area (Å²) in [6, 6.07) is 7.69. The number of hydrogen-bond acceptors (Lipinski definition) is 3. The van der Waals surface area contributed by atoms with Crippen molar-refractivity contribution in [1.82, 2.24) is 14.9 Å². The Bertz CT molecular complexity index is 762. The van der Waals surface area contributed by atoms with E-state index in [4.69, 9.17) is 0 Å². The maximum absolute atomic E-state index is 12.3. The van der Waals surface area contributed by atoms with Gasteiger partial charge < -0.3 is 9.88 Å². The highest BCUT2D eigenvalue weighted by Crippen LogP contribution is 2.13. The fraction of sp³-hybridized carbons (Fsp3) is 0.176. The van der Waals surface area contributed by atoms with E-state index in [1.165, 1.54) is 11.1 Å². The minimum atomic E-state index is -0.0434. The molecule has 0 radical (unpaired) electrons. The summed E-state index contributed by atoms with van der Waals surface area (Å²) >= 11 is 1.66. The monoisotopic (exact) mass is 311 g/mol. The predicted molar refractivity (Wildman–Crippen MR) is 88.0 cm³/mol. The molecule has 0 unspecified atom stereocenters. The molecule has 3 aromatic rings. The Kier molecular flexibility index (Phi) is 4.34. The molecule has 112 valence electrons. The molecule has 0 saturated carbocycles. The van der Waals surface area contributed by atoms with Gasteiger partial charge >= 0.3 is 0 Å². The fourth-order valence-corrected chi connectivity index (χ4v) is 3.10. The van der Waals surface area contributed by atoms with Crippen molar-refractivity contribution in [3.8, 4) is 0 Å². The highest BCUT2D eigenvalue weighted by Gasteiger charge is 2.07. The summed E-state index contributed by atoms with van der Waals surface area (Å²) < 4.78 is 1.98. The number of nitrogens with one attached hydrogen (secondary N) is 1. The van der Waals surface area contributed by atoms with Gasteiger partial charge in [0.1, 0.15) is 0 Å². The molecular weight excluding hydrogens is 294 g/mol. The third-order valence-electron chi connectivity index (χ3n) is 3.51. The number of thiophene rings is 1.